The second kappa shape index (κ2) is 12.5. The summed E-state index contributed by atoms with van der Waals surface area (Å²) in [5.74, 6) is -0.817. The van der Waals surface area contributed by atoms with Crippen molar-refractivity contribution in [2.75, 3.05) is 27.3 Å². The van der Waals surface area contributed by atoms with Gasteiger partial charge in [-0.2, -0.15) is 0 Å². The van der Waals surface area contributed by atoms with E-state index >= 15 is 0 Å². The van der Waals surface area contributed by atoms with Crippen LogP contribution >= 0.6 is 0 Å². The number of aromatic nitrogens is 2. The number of para-hydroxylation sites is 1. The standard InChI is InChI=1S/C35H36FN5O4/c1-22(42)40-35(41-15-7-4-8-16-41,34(43)39-19-23-11-14-31(44-2)32(17-23)45-3)33(27-20-37-29-10-6-5-9-25(27)29)28-21-38-30-13-12-24(36)18-26(28)30/h4-7,9-14,17-18,20-21,33,37-38H,8,15-16,19H2,1-3H3,(H,39,43)(H,40,42). The second-order valence-electron chi connectivity index (χ2n) is 11.2. The highest BCUT2D eigenvalue weighted by atomic mass is 19.1. The molecule has 5 aromatic rings. The van der Waals surface area contributed by atoms with Gasteiger partial charge < -0.3 is 30.1 Å². The number of methoxy groups -OCH3 is 2. The quantitative estimate of drug-likeness (QED) is 0.160. The zero-order valence-electron chi connectivity index (χ0n) is 25.4. The number of fused-ring (bicyclic) bond motifs is 2. The van der Waals surface area contributed by atoms with E-state index in [2.05, 4.69) is 26.7 Å². The van der Waals surface area contributed by atoms with Crippen molar-refractivity contribution in [1.29, 1.82) is 0 Å². The van der Waals surface area contributed by atoms with Crippen molar-refractivity contribution < 1.29 is 23.5 Å². The molecule has 0 radical (unpaired) electrons. The van der Waals surface area contributed by atoms with Crippen molar-refractivity contribution in [2.24, 2.45) is 0 Å². The topological polar surface area (TPSA) is 111 Å². The van der Waals surface area contributed by atoms with Crippen molar-refractivity contribution >= 4 is 33.6 Å². The molecule has 0 spiro atoms. The van der Waals surface area contributed by atoms with Crippen LogP contribution in [0.25, 0.3) is 21.8 Å². The molecule has 0 saturated heterocycles. The average Bonchev–Trinajstić information content (AvgIpc) is 3.67. The number of aromatic amines is 2. The number of nitrogens with one attached hydrogen (secondary N) is 4. The van der Waals surface area contributed by atoms with Crippen LogP contribution in [-0.2, 0) is 16.1 Å². The Morgan fingerprint density at radius 3 is 2.38 bits per heavy atom. The maximum absolute atomic E-state index is 15.0. The first-order valence-corrected chi connectivity index (χ1v) is 14.9. The largest absolute Gasteiger partial charge is 0.493 e. The Labute approximate surface area is 260 Å². The number of rotatable bonds is 10. The van der Waals surface area contributed by atoms with Gasteiger partial charge in [0.25, 0.3) is 5.91 Å². The van der Waals surface area contributed by atoms with E-state index in [0.29, 0.717) is 42.0 Å². The first-order chi connectivity index (χ1) is 21.8. The van der Waals surface area contributed by atoms with Gasteiger partial charge in [-0.3, -0.25) is 14.5 Å². The number of halogens is 1. The van der Waals surface area contributed by atoms with Gasteiger partial charge in [-0.15, -0.1) is 0 Å². The van der Waals surface area contributed by atoms with Crippen LogP contribution in [0.3, 0.4) is 0 Å². The van der Waals surface area contributed by atoms with Crippen molar-refractivity contribution in [2.45, 2.75) is 31.5 Å². The molecular weight excluding hydrogens is 573 g/mol. The number of carbonyl (C=O) groups is 2. The first-order valence-electron chi connectivity index (χ1n) is 14.9. The Balaban J connectivity index is 1.56. The van der Waals surface area contributed by atoms with Gasteiger partial charge in [-0.05, 0) is 59.5 Å². The average molecular weight is 610 g/mol. The lowest BCUT2D eigenvalue weighted by Crippen LogP contribution is -2.71. The third-order valence-corrected chi connectivity index (χ3v) is 8.51. The van der Waals surface area contributed by atoms with Crippen LogP contribution in [0.4, 0.5) is 4.39 Å². The van der Waals surface area contributed by atoms with Gasteiger partial charge in [0.15, 0.2) is 17.2 Å². The zero-order valence-corrected chi connectivity index (χ0v) is 25.4. The van der Waals surface area contributed by atoms with E-state index in [9.17, 15) is 14.0 Å². The summed E-state index contributed by atoms with van der Waals surface area (Å²) < 4.78 is 25.6. The number of benzene rings is 3. The summed E-state index contributed by atoms with van der Waals surface area (Å²) in [6.07, 6.45) is 8.45. The molecule has 2 amide bonds. The van der Waals surface area contributed by atoms with Crippen molar-refractivity contribution in [1.82, 2.24) is 25.5 Å². The van der Waals surface area contributed by atoms with Gasteiger partial charge >= 0.3 is 0 Å². The Bertz CT molecular complexity index is 1900. The first kappa shape index (κ1) is 30.0. The fourth-order valence-corrected chi connectivity index (χ4v) is 6.51. The van der Waals surface area contributed by atoms with Crippen LogP contribution in [0, 0.1) is 5.82 Å². The molecule has 0 aliphatic carbocycles. The maximum Gasteiger partial charge on any atom is 0.262 e. The summed E-state index contributed by atoms with van der Waals surface area (Å²) in [6, 6.07) is 17.8. The van der Waals surface area contributed by atoms with E-state index in [-0.39, 0.29) is 12.5 Å². The van der Waals surface area contributed by atoms with E-state index in [1.54, 1.807) is 26.4 Å². The van der Waals surface area contributed by atoms with Crippen LogP contribution in [0.15, 0.2) is 85.2 Å². The van der Waals surface area contributed by atoms with E-state index in [4.69, 9.17) is 9.47 Å². The second-order valence-corrected chi connectivity index (χ2v) is 11.2. The number of amides is 2. The smallest absolute Gasteiger partial charge is 0.262 e. The predicted octanol–water partition coefficient (Wildman–Crippen LogP) is 5.35. The molecule has 6 rings (SSSR count). The molecule has 2 aromatic heterocycles. The van der Waals surface area contributed by atoms with E-state index in [0.717, 1.165) is 27.5 Å². The third kappa shape index (κ3) is 5.53. The number of hydrogen-bond acceptors (Lipinski definition) is 5. The maximum atomic E-state index is 15.0. The molecule has 4 N–H and O–H groups in total. The molecule has 1 aliphatic rings. The van der Waals surface area contributed by atoms with E-state index in [1.165, 1.54) is 19.1 Å². The van der Waals surface area contributed by atoms with Crippen LogP contribution < -0.4 is 20.1 Å². The summed E-state index contributed by atoms with van der Waals surface area (Å²) >= 11 is 0. The normalized spacial score (nSPS) is 15.5. The van der Waals surface area contributed by atoms with Crippen molar-refractivity contribution in [3.8, 4) is 11.5 Å². The lowest BCUT2D eigenvalue weighted by molar-refractivity contribution is -0.143. The number of H-pyrrole nitrogens is 2. The molecular formula is C35H36FN5O4. The third-order valence-electron chi connectivity index (χ3n) is 8.51. The lowest BCUT2D eigenvalue weighted by Gasteiger charge is -2.48. The van der Waals surface area contributed by atoms with Gasteiger partial charge in [0.05, 0.1) is 20.1 Å². The zero-order chi connectivity index (χ0) is 31.6. The Morgan fingerprint density at radius 1 is 0.933 bits per heavy atom. The highest BCUT2D eigenvalue weighted by Crippen LogP contribution is 2.44. The van der Waals surface area contributed by atoms with Crippen molar-refractivity contribution in [3.05, 3.63) is 108 Å². The highest BCUT2D eigenvalue weighted by Gasteiger charge is 2.53. The molecule has 2 atom stereocenters. The Morgan fingerprint density at radius 2 is 1.67 bits per heavy atom. The van der Waals surface area contributed by atoms with E-state index in [1.807, 2.05) is 59.8 Å². The minimum absolute atomic E-state index is 0.160. The molecule has 1 aliphatic heterocycles. The molecule has 232 valence electrons. The minimum atomic E-state index is -1.61. The summed E-state index contributed by atoms with van der Waals surface area (Å²) in [4.78, 5) is 36.8. The fourth-order valence-electron chi connectivity index (χ4n) is 6.51. The van der Waals surface area contributed by atoms with Gasteiger partial charge in [-0.1, -0.05) is 36.4 Å². The molecule has 2 unspecified atom stereocenters. The highest BCUT2D eigenvalue weighted by molar-refractivity contribution is 5.96. The van der Waals surface area contributed by atoms with Crippen LogP contribution in [0.1, 0.15) is 36.0 Å². The lowest BCUT2D eigenvalue weighted by atomic mass is 9.77. The minimum Gasteiger partial charge on any atom is -0.493 e. The summed E-state index contributed by atoms with van der Waals surface area (Å²) in [7, 11) is 3.12. The molecule has 0 bridgehead atoms. The number of ether oxygens (including phenoxy) is 2. The van der Waals surface area contributed by atoms with E-state index < -0.39 is 23.3 Å². The molecule has 0 fully saturated rings. The van der Waals surface area contributed by atoms with Crippen LogP contribution in [0.5, 0.6) is 11.5 Å². The van der Waals surface area contributed by atoms with Gasteiger partial charge in [0.2, 0.25) is 5.91 Å². The molecule has 3 aromatic carbocycles. The molecule has 9 nitrogen and oxygen atoms in total. The molecule has 10 heteroatoms. The van der Waals surface area contributed by atoms with Gasteiger partial charge in [0, 0.05) is 60.8 Å². The Hall–Kier alpha value is -5.09. The number of hydrogen-bond donors (Lipinski definition) is 4. The van der Waals surface area contributed by atoms with Crippen molar-refractivity contribution in [3.63, 3.8) is 0 Å². The summed E-state index contributed by atoms with van der Waals surface area (Å²) in [5, 5.41) is 7.79. The molecule has 0 saturated carbocycles. The summed E-state index contributed by atoms with van der Waals surface area (Å²) in [6.45, 7) is 2.50. The van der Waals surface area contributed by atoms with Gasteiger partial charge in [0.1, 0.15) is 5.82 Å². The summed E-state index contributed by atoms with van der Waals surface area (Å²) in [5.41, 5.74) is 2.24. The molecule has 45 heavy (non-hydrogen) atoms. The monoisotopic (exact) mass is 609 g/mol. The number of carbonyl (C=O) groups excluding carboxylic acids is 2. The predicted molar refractivity (Wildman–Crippen MR) is 172 cm³/mol. The fraction of sp³-hybridized carbons (Fsp3) is 0.257. The SMILES string of the molecule is COc1ccc(CNC(=O)C(NC(C)=O)(C(c2c[nH]c3ccccc23)c2c[nH]c3ccc(F)cc23)N2CC=CCC2)cc1OC. The molecule has 3 heterocycles. The number of nitrogens with zero attached hydrogens (tertiary/aromatic N) is 1. The van der Waals surface area contributed by atoms with Crippen LogP contribution in [0.2, 0.25) is 0 Å². The van der Waals surface area contributed by atoms with Gasteiger partial charge in [-0.25, -0.2) is 4.39 Å². The van der Waals surface area contributed by atoms with Crippen LogP contribution in [-0.4, -0.2) is 59.7 Å². The Kier molecular flexibility index (Phi) is 8.32.